The Hall–Kier alpha value is -2.09. The third-order valence-corrected chi connectivity index (χ3v) is 9.38. The normalized spacial score (nSPS) is 11.1. The van der Waals surface area contributed by atoms with Gasteiger partial charge in [-0.2, -0.15) is 0 Å². The van der Waals surface area contributed by atoms with Crippen molar-refractivity contribution in [3.05, 3.63) is 124 Å². The Kier molecular flexibility index (Phi) is 5.61. The molecule has 0 saturated carbocycles. The standard InChI is InChI=1S/C25H20IP/c26-22-12-10-11-21(19-22)20-27(23-13-4-1-5-14-23,24-15-6-2-7-16-24)25-17-8-3-9-18-25/h1-20H. The number of benzene rings is 4. The highest BCUT2D eigenvalue weighted by Gasteiger charge is 2.24. The van der Waals surface area contributed by atoms with Crippen LogP contribution >= 0.6 is 29.5 Å². The molecule has 0 radical (unpaired) electrons. The largest absolute Gasteiger partial charge is 0.0622 e. The van der Waals surface area contributed by atoms with Crippen molar-refractivity contribution < 1.29 is 0 Å². The van der Waals surface area contributed by atoms with Crippen molar-refractivity contribution >= 4 is 51.2 Å². The molecule has 0 aliphatic rings. The van der Waals surface area contributed by atoms with Crippen LogP contribution in [-0.4, -0.2) is 5.80 Å². The van der Waals surface area contributed by atoms with Crippen LogP contribution in [0, 0.1) is 3.57 Å². The second kappa shape index (κ2) is 8.29. The first kappa shape index (κ1) is 18.3. The Morgan fingerprint density at radius 3 is 1.37 bits per heavy atom. The summed E-state index contributed by atoms with van der Waals surface area (Å²) < 4.78 is 1.26. The molecular weight excluding hydrogens is 458 g/mol. The second-order valence-electron chi connectivity index (χ2n) is 6.41. The third-order valence-electron chi connectivity index (χ3n) is 4.68. The third kappa shape index (κ3) is 3.81. The van der Waals surface area contributed by atoms with E-state index in [-0.39, 0.29) is 0 Å². The Bertz CT molecular complexity index is 967. The van der Waals surface area contributed by atoms with Gasteiger partial charge in [-0.1, -0.05) is 103 Å². The second-order valence-corrected chi connectivity index (χ2v) is 10.9. The van der Waals surface area contributed by atoms with E-state index in [0.29, 0.717) is 0 Å². The SMILES string of the molecule is Ic1cccc(C=P(c2ccccc2)(c2ccccc2)c2ccccc2)c1. The fraction of sp³-hybridized carbons (Fsp3) is 0. The molecule has 2 heteroatoms. The smallest absolute Gasteiger partial charge is 0.0136 e. The van der Waals surface area contributed by atoms with Crippen LogP contribution in [0.5, 0.6) is 0 Å². The summed E-state index contributed by atoms with van der Waals surface area (Å²) in [4.78, 5) is 0. The summed E-state index contributed by atoms with van der Waals surface area (Å²) in [5.41, 5.74) is 1.27. The predicted octanol–water partition coefficient (Wildman–Crippen LogP) is 5.44. The van der Waals surface area contributed by atoms with Gasteiger partial charge in [0.1, 0.15) is 0 Å². The highest BCUT2D eigenvalue weighted by Crippen LogP contribution is 2.44. The predicted molar refractivity (Wildman–Crippen MR) is 129 cm³/mol. The van der Waals surface area contributed by atoms with Gasteiger partial charge in [0.2, 0.25) is 0 Å². The molecule has 0 bridgehead atoms. The van der Waals surface area contributed by atoms with Crippen LogP contribution in [0.2, 0.25) is 0 Å². The van der Waals surface area contributed by atoms with Gasteiger partial charge in [-0.25, -0.2) is 0 Å². The van der Waals surface area contributed by atoms with E-state index < -0.39 is 6.89 Å². The zero-order chi connectivity index (χ0) is 18.5. The molecule has 0 amide bonds. The molecule has 0 unspecified atom stereocenters. The lowest BCUT2D eigenvalue weighted by atomic mass is 10.2. The molecule has 0 aliphatic carbocycles. The molecule has 132 valence electrons. The molecule has 4 rings (SSSR count). The summed E-state index contributed by atoms with van der Waals surface area (Å²) in [5.74, 6) is 2.51. The molecule has 0 heterocycles. The summed E-state index contributed by atoms with van der Waals surface area (Å²) in [6.45, 7) is -1.92. The Balaban J connectivity index is 2.13. The zero-order valence-corrected chi connectivity index (χ0v) is 17.9. The van der Waals surface area contributed by atoms with Crippen molar-refractivity contribution in [1.82, 2.24) is 0 Å². The van der Waals surface area contributed by atoms with E-state index in [1.165, 1.54) is 25.0 Å². The maximum atomic E-state index is 2.51. The molecule has 0 atom stereocenters. The van der Waals surface area contributed by atoms with Crippen LogP contribution in [0.3, 0.4) is 0 Å². The van der Waals surface area contributed by atoms with Crippen molar-refractivity contribution in [2.24, 2.45) is 0 Å². The minimum absolute atomic E-state index is 1.26. The lowest BCUT2D eigenvalue weighted by Gasteiger charge is -2.29. The van der Waals surface area contributed by atoms with Gasteiger partial charge in [-0.3, -0.25) is 0 Å². The molecule has 0 saturated heterocycles. The van der Waals surface area contributed by atoms with Crippen LogP contribution in [-0.2, 0) is 0 Å². The number of rotatable bonds is 4. The molecule has 0 aliphatic heterocycles. The van der Waals surface area contributed by atoms with E-state index >= 15 is 0 Å². The first-order chi connectivity index (χ1) is 13.3. The Morgan fingerprint density at radius 1 is 0.519 bits per heavy atom. The van der Waals surface area contributed by atoms with Gasteiger partial charge in [0, 0.05) is 3.57 Å². The minimum atomic E-state index is -1.92. The highest BCUT2D eigenvalue weighted by atomic mass is 127. The fourth-order valence-corrected chi connectivity index (χ4v) is 7.91. The van der Waals surface area contributed by atoms with E-state index in [2.05, 4.69) is 144 Å². The fourth-order valence-electron chi connectivity index (χ4n) is 3.47. The summed E-state index contributed by atoms with van der Waals surface area (Å²) >= 11 is 2.39. The maximum absolute atomic E-state index is 2.51. The van der Waals surface area contributed by atoms with E-state index in [4.69, 9.17) is 0 Å². The van der Waals surface area contributed by atoms with Gasteiger partial charge in [-0.05, 0) is 68.9 Å². The van der Waals surface area contributed by atoms with E-state index in [0.717, 1.165) is 0 Å². The van der Waals surface area contributed by atoms with Gasteiger partial charge >= 0.3 is 0 Å². The van der Waals surface area contributed by atoms with Gasteiger partial charge in [0.15, 0.2) is 0 Å². The molecule has 0 fully saturated rings. The van der Waals surface area contributed by atoms with E-state index in [9.17, 15) is 0 Å². The highest BCUT2D eigenvalue weighted by molar-refractivity contribution is 14.1. The first-order valence-corrected chi connectivity index (χ1v) is 11.9. The molecule has 4 aromatic carbocycles. The van der Waals surface area contributed by atoms with E-state index in [1.807, 2.05) is 0 Å². The molecule has 0 N–H and O–H groups in total. The van der Waals surface area contributed by atoms with Crippen molar-refractivity contribution in [2.75, 3.05) is 0 Å². The average Bonchev–Trinajstić information content (AvgIpc) is 2.74. The number of halogens is 1. The zero-order valence-electron chi connectivity index (χ0n) is 14.9. The molecule has 0 spiro atoms. The first-order valence-electron chi connectivity index (χ1n) is 8.96. The van der Waals surface area contributed by atoms with Crippen LogP contribution in [0.15, 0.2) is 115 Å². The number of hydrogen-bond donors (Lipinski definition) is 0. The summed E-state index contributed by atoms with van der Waals surface area (Å²) in [6.07, 6.45) is 0. The molecule has 27 heavy (non-hydrogen) atoms. The topological polar surface area (TPSA) is 0 Å². The number of hydrogen-bond acceptors (Lipinski definition) is 0. The van der Waals surface area contributed by atoms with Crippen LogP contribution in [0.4, 0.5) is 0 Å². The Morgan fingerprint density at radius 2 is 0.963 bits per heavy atom. The quantitative estimate of drug-likeness (QED) is 0.271. The van der Waals surface area contributed by atoms with Crippen molar-refractivity contribution in [3.8, 4) is 0 Å². The lowest BCUT2D eigenvalue weighted by molar-refractivity contribution is 1.63. The van der Waals surface area contributed by atoms with Gasteiger partial charge < -0.3 is 0 Å². The average molecular weight is 478 g/mol. The summed E-state index contributed by atoms with van der Waals surface area (Å²) in [5, 5.41) is 4.13. The molecule has 4 aromatic rings. The van der Waals surface area contributed by atoms with Gasteiger partial charge in [-0.15, -0.1) is 0 Å². The van der Waals surface area contributed by atoms with Crippen molar-refractivity contribution in [1.29, 1.82) is 0 Å². The van der Waals surface area contributed by atoms with Crippen molar-refractivity contribution in [2.45, 2.75) is 0 Å². The van der Waals surface area contributed by atoms with Crippen LogP contribution in [0.25, 0.3) is 0 Å². The Labute approximate surface area is 175 Å². The maximum Gasteiger partial charge on any atom is 0.0136 e. The van der Waals surface area contributed by atoms with Crippen LogP contribution < -0.4 is 15.9 Å². The monoisotopic (exact) mass is 478 g/mol. The minimum Gasteiger partial charge on any atom is -0.0622 e. The molecule has 0 aromatic heterocycles. The lowest BCUT2D eigenvalue weighted by Crippen LogP contribution is -2.27. The summed E-state index contributed by atoms with van der Waals surface area (Å²) in [6, 6.07) is 41.6. The molecular formula is C25H20IP. The summed E-state index contributed by atoms with van der Waals surface area (Å²) in [7, 11) is 0. The molecule has 0 nitrogen and oxygen atoms in total. The van der Waals surface area contributed by atoms with Gasteiger partial charge in [0.25, 0.3) is 0 Å². The van der Waals surface area contributed by atoms with Crippen LogP contribution in [0.1, 0.15) is 5.56 Å². The van der Waals surface area contributed by atoms with Gasteiger partial charge in [0.05, 0.1) is 0 Å². The van der Waals surface area contributed by atoms with E-state index in [1.54, 1.807) is 0 Å². The van der Waals surface area contributed by atoms with Crippen molar-refractivity contribution in [3.63, 3.8) is 0 Å².